The molecule has 3 rings (SSSR count). The van der Waals surface area contributed by atoms with E-state index in [4.69, 9.17) is 9.47 Å². The second-order valence-electron chi connectivity index (χ2n) is 7.62. The Labute approximate surface area is 150 Å². The number of carbonyl (C=O) groups excluding carboxylic acids is 1. The Bertz CT molecular complexity index is 569. The zero-order valence-electron chi connectivity index (χ0n) is 15.8. The van der Waals surface area contributed by atoms with E-state index in [1.165, 1.54) is 5.56 Å². The van der Waals surface area contributed by atoms with Gasteiger partial charge in [-0.2, -0.15) is 0 Å². The Morgan fingerprint density at radius 2 is 1.36 bits per heavy atom. The van der Waals surface area contributed by atoms with Crippen molar-refractivity contribution in [1.29, 1.82) is 0 Å². The Morgan fingerprint density at radius 3 is 1.88 bits per heavy atom. The van der Waals surface area contributed by atoms with Crippen molar-refractivity contribution in [3.8, 4) is 0 Å². The van der Waals surface area contributed by atoms with E-state index in [2.05, 4.69) is 30.9 Å². The molecule has 0 N–H and O–H groups in total. The molecule has 0 bridgehead atoms. The lowest BCUT2D eigenvalue weighted by molar-refractivity contribution is -0.0704. The summed E-state index contributed by atoms with van der Waals surface area (Å²) in [5.74, 6) is 0.0992. The van der Waals surface area contributed by atoms with Gasteiger partial charge in [0.2, 0.25) is 0 Å². The molecule has 2 aliphatic rings. The molecular formula is C20H30N2O3. The number of morpholine rings is 2. The highest BCUT2D eigenvalue weighted by Crippen LogP contribution is 2.17. The van der Waals surface area contributed by atoms with Crippen molar-refractivity contribution in [2.45, 2.75) is 58.7 Å². The molecule has 25 heavy (non-hydrogen) atoms. The van der Waals surface area contributed by atoms with Gasteiger partial charge in [-0.25, -0.2) is 0 Å². The van der Waals surface area contributed by atoms with Crippen molar-refractivity contribution in [3.63, 3.8) is 0 Å². The third-order valence-corrected chi connectivity index (χ3v) is 4.81. The van der Waals surface area contributed by atoms with Crippen LogP contribution in [0.4, 0.5) is 0 Å². The summed E-state index contributed by atoms with van der Waals surface area (Å²) in [6.45, 7) is 12.4. The number of amides is 1. The van der Waals surface area contributed by atoms with Gasteiger partial charge in [-0.15, -0.1) is 0 Å². The molecule has 4 atom stereocenters. The smallest absolute Gasteiger partial charge is 0.254 e. The Kier molecular flexibility index (Phi) is 5.77. The van der Waals surface area contributed by atoms with E-state index in [1.807, 2.05) is 30.9 Å². The summed E-state index contributed by atoms with van der Waals surface area (Å²) in [5.41, 5.74) is 2.00. The summed E-state index contributed by atoms with van der Waals surface area (Å²) < 4.78 is 11.5. The molecule has 1 aromatic carbocycles. The molecule has 4 unspecified atom stereocenters. The molecular weight excluding hydrogens is 316 g/mol. The molecule has 5 nitrogen and oxygen atoms in total. The second kappa shape index (κ2) is 7.85. The van der Waals surface area contributed by atoms with Gasteiger partial charge in [-0.3, -0.25) is 9.69 Å². The normalized spacial score (nSPS) is 31.1. The first kappa shape index (κ1) is 18.4. The summed E-state index contributed by atoms with van der Waals surface area (Å²) >= 11 is 0. The number of hydrogen-bond acceptors (Lipinski definition) is 4. The van der Waals surface area contributed by atoms with Gasteiger partial charge in [0.05, 0.1) is 24.4 Å². The standard InChI is InChI=1S/C20H30N2O3/c1-14-9-21(10-15(2)24-14)13-18-5-7-19(8-6-18)20(23)22-11-16(3)25-17(4)12-22/h5-8,14-17H,9-13H2,1-4H3. The van der Waals surface area contributed by atoms with Gasteiger partial charge >= 0.3 is 0 Å². The molecule has 2 saturated heterocycles. The van der Waals surface area contributed by atoms with Gasteiger partial charge in [0.1, 0.15) is 0 Å². The average molecular weight is 346 g/mol. The fraction of sp³-hybridized carbons (Fsp3) is 0.650. The van der Waals surface area contributed by atoms with Crippen LogP contribution in [0.2, 0.25) is 0 Å². The first-order valence-electron chi connectivity index (χ1n) is 9.32. The lowest BCUT2D eigenvalue weighted by atomic mass is 10.1. The molecule has 0 aliphatic carbocycles. The van der Waals surface area contributed by atoms with Crippen molar-refractivity contribution in [1.82, 2.24) is 9.80 Å². The van der Waals surface area contributed by atoms with Crippen molar-refractivity contribution in [2.24, 2.45) is 0 Å². The lowest BCUT2D eigenvalue weighted by Crippen LogP contribution is -2.48. The number of benzene rings is 1. The predicted octanol–water partition coefficient (Wildman–Crippen LogP) is 2.55. The van der Waals surface area contributed by atoms with E-state index in [0.29, 0.717) is 13.1 Å². The van der Waals surface area contributed by atoms with Gasteiger partial charge in [-0.1, -0.05) is 12.1 Å². The third-order valence-electron chi connectivity index (χ3n) is 4.81. The summed E-state index contributed by atoms with van der Waals surface area (Å²) in [6, 6.07) is 8.06. The molecule has 2 aliphatic heterocycles. The second-order valence-corrected chi connectivity index (χ2v) is 7.62. The summed E-state index contributed by atoms with van der Waals surface area (Å²) in [6.07, 6.45) is 0.736. The van der Waals surface area contributed by atoms with Crippen LogP contribution in [-0.4, -0.2) is 66.3 Å². The quantitative estimate of drug-likeness (QED) is 0.843. The van der Waals surface area contributed by atoms with E-state index in [0.717, 1.165) is 25.2 Å². The molecule has 2 fully saturated rings. The van der Waals surface area contributed by atoms with Crippen molar-refractivity contribution in [2.75, 3.05) is 26.2 Å². The lowest BCUT2D eigenvalue weighted by Gasteiger charge is -2.35. The first-order valence-corrected chi connectivity index (χ1v) is 9.32. The van der Waals surface area contributed by atoms with Gasteiger partial charge in [0.25, 0.3) is 5.91 Å². The molecule has 0 saturated carbocycles. The van der Waals surface area contributed by atoms with E-state index in [1.54, 1.807) is 0 Å². The highest BCUT2D eigenvalue weighted by atomic mass is 16.5. The fourth-order valence-corrected chi connectivity index (χ4v) is 3.95. The minimum absolute atomic E-state index is 0.0947. The van der Waals surface area contributed by atoms with Crippen molar-refractivity contribution in [3.05, 3.63) is 35.4 Å². The Morgan fingerprint density at radius 1 is 0.880 bits per heavy atom. The van der Waals surface area contributed by atoms with Crippen LogP contribution in [0.3, 0.4) is 0 Å². The zero-order valence-corrected chi connectivity index (χ0v) is 15.8. The van der Waals surface area contributed by atoms with E-state index < -0.39 is 0 Å². The molecule has 2 heterocycles. The molecule has 0 spiro atoms. The average Bonchev–Trinajstić information content (AvgIpc) is 2.53. The van der Waals surface area contributed by atoms with E-state index >= 15 is 0 Å². The fourth-order valence-electron chi connectivity index (χ4n) is 3.95. The third kappa shape index (κ3) is 4.81. The summed E-state index contributed by atoms with van der Waals surface area (Å²) in [4.78, 5) is 17.0. The molecule has 0 aromatic heterocycles. The number of ether oxygens (including phenoxy) is 2. The molecule has 138 valence electrons. The van der Waals surface area contributed by atoms with Crippen LogP contribution in [0, 0.1) is 0 Å². The minimum Gasteiger partial charge on any atom is -0.373 e. The van der Waals surface area contributed by atoms with Gasteiger partial charge in [-0.05, 0) is 45.4 Å². The van der Waals surface area contributed by atoms with Crippen LogP contribution < -0.4 is 0 Å². The summed E-state index contributed by atoms with van der Waals surface area (Å²) in [7, 11) is 0. The van der Waals surface area contributed by atoms with Crippen molar-refractivity contribution < 1.29 is 14.3 Å². The topological polar surface area (TPSA) is 42.0 Å². The maximum absolute atomic E-state index is 12.7. The van der Waals surface area contributed by atoms with Crippen LogP contribution in [0.15, 0.2) is 24.3 Å². The SMILES string of the molecule is CC1CN(Cc2ccc(C(=O)N3CC(C)OC(C)C3)cc2)CC(C)O1. The maximum Gasteiger partial charge on any atom is 0.254 e. The van der Waals surface area contributed by atoms with Crippen LogP contribution in [0.1, 0.15) is 43.6 Å². The zero-order chi connectivity index (χ0) is 18.0. The Balaban J connectivity index is 1.61. The van der Waals surface area contributed by atoms with Crippen LogP contribution >= 0.6 is 0 Å². The number of hydrogen-bond donors (Lipinski definition) is 0. The Hall–Kier alpha value is -1.43. The van der Waals surface area contributed by atoms with E-state index in [-0.39, 0.29) is 30.3 Å². The van der Waals surface area contributed by atoms with Gasteiger partial charge in [0.15, 0.2) is 0 Å². The predicted molar refractivity (Wildman–Crippen MR) is 97.6 cm³/mol. The molecule has 0 radical (unpaired) electrons. The molecule has 1 aromatic rings. The monoisotopic (exact) mass is 346 g/mol. The van der Waals surface area contributed by atoms with E-state index in [9.17, 15) is 4.79 Å². The highest BCUT2D eigenvalue weighted by molar-refractivity contribution is 5.94. The molecule has 5 heteroatoms. The van der Waals surface area contributed by atoms with Gasteiger partial charge in [0, 0.05) is 38.3 Å². The first-order chi connectivity index (χ1) is 11.9. The number of nitrogens with zero attached hydrogens (tertiary/aromatic N) is 2. The van der Waals surface area contributed by atoms with Gasteiger partial charge < -0.3 is 14.4 Å². The highest BCUT2D eigenvalue weighted by Gasteiger charge is 2.27. The van der Waals surface area contributed by atoms with Crippen LogP contribution in [-0.2, 0) is 16.0 Å². The minimum atomic E-state index is 0.0947. The van der Waals surface area contributed by atoms with Crippen molar-refractivity contribution >= 4 is 5.91 Å². The maximum atomic E-state index is 12.7. The largest absolute Gasteiger partial charge is 0.373 e. The van der Waals surface area contributed by atoms with Crippen LogP contribution in [0.5, 0.6) is 0 Å². The number of carbonyl (C=O) groups is 1. The van der Waals surface area contributed by atoms with Crippen LogP contribution in [0.25, 0.3) is 0 Å². The number of rotatable bonds is 3. The molecule has 1 amide bonds. The summed E-state index contributed by atoms with van der Waals surface area (Å²) in [5, 5.41) is 0.